The molecule has 1 nitrogen and oxygen atoms in total. The minimum absolute atomic E-state index is 0.858. The van der Waals surface area contributed by atoms with E-state index in [-0.39, 0.29) is 0 Å². The van der Waals surface area contributed by atoms with Crippen LogP contribution < -0.4 is 5.32 Å². The zero-order valence-electron chi connectivity index (χ0n) is 9.71. The first-order chi connectivity index (χ1) is 7.84. The van der Waals surface area contributed by atoms with Crippen LogP contribution in [0, 0.1) is 5.92 Å². The first kappa shape index (κ1) is 11.9. The van der Waals surface area contributed by atoms with Gasteiger partial charge in [-0.1, -0.05) is 23.7 Å². The molecule has 1 aliphatic rings. The zero-order valence-corrected chi connectivity index (χ0v) is 10.5. The summed E-state index contributed by atoms with van der Waals surface area (Å²) < 4.78 is 0. The Morgan fingerprint density at radius 3 is 3.06 bits per heavy atom. The lowest BCUT2D eigenvalue weighted by Crippen LogP contribution is -2.29. The number of benzene rings is 1. The van der Waals surface area contributed by atoms with Crippen molar-refractivity contribution in [2.45, 2.75) is 32.1 Å². The fourth-order valence-electron chi connectivity index (χ4n) is 2.46. The van der Waals surface area contributed by atoms with E-state index in [9.17, 15) is 0 Å². The van der Waals surface area contributed by atoms with Crippen molar-refractivity contribution in [1.82, 2.24) is 5.32 Å². The zero-order chi connectivity index (χ0) is 11.2. The molecular formula is C14H20ClN. The van der Waals surface area contributed by atoms with Crippen LogP contribution >= 0.6 is 11.6 Å². The van der Waals surface area contributed by atoms with Gasteiger partial charge in [-0.3, -0.25) is 0 Å². The van der Waals surface area contributed by atoms with E-state index in [1.807, 2.05) is 12.1 Å². The van der Waals surface area contributed by atoms with Gasteiger partial charge in [0.1, 0.15) is 0 Å². The molecule has 1 heterocycles. The summed E-state index contributed by atoms with van der Waals surface area (Å²) in [6.07, 6.45) is 6.55. The lowest BCUT2D eigenvalue weighted by Gasteiger charge is -2.22. The van der Waals surface area contributed by atoms with Gasteiger partial charge in [-0.05, 0) is 68.8 Å². The maximum atomic E-state index is 5.96. The van der Waals surface area contributed by atoms with Gasteiger partial charge < -0.3 is 5.32 Å². The SMILES string of the molecule is Clc1cccc(CCCC2CCCNC2)c1. The van der Waals surface area contributed by atoms with Crippen LogP contribution in [0.4, 0.5) is 0 Å². The quantitative estimate of drug-likeness (QED) is 0.843. The number of nitrogens with one attached hydrogen (secondary N) is 1. The molecule has 1 aromatic rings. The molecular weight excluding hydrogens is 218 g/mol. The molecule has 0 aliphatic carbocycles. The van der Waals surface area contributed by atoms with Crippen molar-refractivity contribution in [3.63, 3.8) is 0 Å². The summed E-state index contributed by atoms with van der Waals surface area (Å²) in [6, 6.07) is 8.24. The smallest absolute Gasteiger partial charge is 0.0408 e. The lowest BCUT2D eigenvalue weighted by molar-refractivity contribution is 0.351. The second kappa shape index (κ2) is 6.27. The number of aryl methyl sites for hydroxylation is 1. The van der Waals surface area contributed by atoms with Crippen molar-refractivity contribution in [3.05, 3.63) is 34.9 Å². The van der Waals surface area contributed by atoms with E-state index < -0.39 is 0 Å². The highest BCUT2D eigenvalue weighted by Gasteiger charge is 2.11. The molecule has 1 N–H and O–H groups in total. The summed E-state index contributed by atoms with van der Waals surface area (Å²) in [5.74, 6) is 0.896. The van der Waals surface area contributed by atoms with Crippen molar-refractivity contribution in [2.24, 2.45) is 5.92 Å². The first-order valence-corrected chi connectivity index (χ1v) is 6.67. The van der Waals surface area contributed by atoms with Gasteiger partial charge in [0.25, 0.3) is 0 Å². The average Bonchev–Trinajstić information content (AvgIpc) is 2.30. The maximum absolute atomic E-state index is 5.96. The normalized spacial score (nSPS) is 20.9. The van der Waals surface area contributed by atoms with Crippen LogP contribution in [0.25, 0.3) is 0 Å². The molecule has 1 fully saturated rings. The monoisotopic (exact) mass is 237 g/mol. The fourth-order valence-corrected chi connectivity index (χ4v) is 2.67. The molecule has 1 aromatic carbocycles. The van der Waals surface area contributed by atoms with Crippen LogP contribution in [0.2, 0.25) is 5.02 Å². The number of rotatable bonds is 4. The number of halogens is 1. The molecule has 1 atom stereocenters. The number of hydrogen-bond donors (Lipinski definition) is 1. The predicted molar refractivity (Wildman–Crippen MR) is 70.0 cm³/mol. The molecule has 1 unspecified atom stereocenters. The molecule has 0 amide bonds. The van der Waals surface area contributed by atoms with Crippen LogP contribution in [0.3, 0.4) is 0 Å². The second-order valence-corrected chi connectivity index (χ2v) is 5.17. The fraction of sp³-hybridized carbons (Fsp3) is 0.571. The molecule has 1 saturated heterocycles. The summed E-state index contributed by atoms with van der Waals surface area (Å²) in [5.41, 5.74) is 1.37. The first-order valence-electron chi connectivity index (χ1n) is 6.30. The van der Waals surface area contributed by atoms with Crippen LogP contribution in [0.1, 0.15) is 31.2 Å². The summed E-state index contributed by atoms with van der Waals surface area (Å²) in [5, 5.41) is 4.33. The Morgan fingerprint density at radius 1 is 1.38 bits per heavy atom. The Balaban J connectivity index is 1.71. The molecule has 0 spiro atoms. The van der Waals surface area contributed by atoms with E-state index in [1.54, 1.807) is 0 Å². The standard InChI is InChI=1S/C14H20ClN/c15-14-8-2-5-12(10-14)4-1-6-13-7-3-9-16-11-13/h2,5,8,10,13,16H,1,3-4,6-7,9,11H2. The van der Waals surface area contributed by atoms with Gasteiger partial charge in [0.15, 0.2) is 0 Å². The van der Waals surface area contributed by atoms with Gasteiger partial charge in [0.2, 0.25) is 0 Å². The van der Waals surface area contributed by atoms with Crippen LogP contribution in [-0.4, -0.2) is 13.1 Å². The summed E-state index contributed by atoms with van der Waals surface area (Å²) in [6.45, 7) is 2.43. The number of hydrogen-bond acceptors (Lipinski definition) is 1. The molecule has 0 aromatic heterocycles. The summed E-state index contributed by atoms with van der Waals surface area (Å²) in [4.78, 5) is 0. The van der Waals surface area contributed by atoms with Gasteiger partial charge in [0, 0.05) is 5.02 Å². The highest BCUT2D eigenvalue weighted by Crippen LogP contribution is 2.18. The number of piperidine rings is 1. The van der Waals surface area contributed by atoms with Gasteiger partial charge in [0.05, 0.1) is 0 Å². The van der Waals surface area contributed by atoms with Crippen molar-refractivity contribution >= 4 is 11.6 Å². The molecule has 0 saturated carbocycles. The third-order valence-corrected chi connectivity index (χ3v) is 3.60. The van der Waals surface area contributed by atoms with E-state index in [0.29, 0.717) is 0 Å². The Bertz CT molecular complexity index is 318. The Kier molecular flexibility index (Phi) is 4.68. The molecule has 1 aliphatic heterocycles. The van der Waals surface area contributed by atoms with Crippen molar-refractivity contribution < 1.29 is 0 Å². The van der Waals surface area contributed by atoms with Crippen LogP contribution in [0.5, 0.6) is 0 Å². The van der Waals surface area contributed by atoms with Gasteiger partial charge >= 0.3 is 0 Å². The van der Waals surface area contributed by atoms with Gasteiger partial charge in [-0.25, -0.2) is 0 Å². The van der Waals surface area contributed by atoms with Crippen LogP contribution in [0.15, 0.2) is 24.3 Å². The molecule has 2 heteroatoms. The van der Waals surface area contributed by atoms with E-state index in [1.165, 1.54) is 44.3 Å². The Labute approximate surface area is 103 Å². The molecule has 2 rings (SSSR count). The predicted octanol–water partition coefficient (Wildman–Crippen LogP) is 3.66. The summed E-state index contributed by atoms with van der Waals surface area (Å²) in [7, 11) is 0. The van der Waals surface area contributed by atoms with E-state index in [0.717, 1.165) is 17.4 Å². The van der Waals surface area contributed by atoms with Gasteiger partial charge in [-0.2, -0.15) is 0 Å². The highest BCUT2D eigenvalue weighted by molar-refractivity contribution is 6.30. The third kappa shape index (κ3) is 3.80. The average molecular weight is 238 g/mol. The molecule has 0 radical (unpaired) electrons. The van der Waals surface area contributed by atoms with E-state index in [2.05, 4.69) is 17.4 Å². The Hall–Kier alpha value is -0.530. The third-order valence-electron chi connectivity index (χ3n) is 3.37. The van der Waals surface area contributed by atoms with Crippen molar-refractivity contribution in [2.75, 3.05) is 13.1 Å². The largest absolute Gasteiger partial charge is 0.316 e. The van der Waals surface area contributed by atoms with Gasteiger partial charge in [-0.15, -0.1) is 0 Å². The molecule has 88 valence electrons. The topological polar surface area (TPSA) is 12.0 Å². The Morgan fingerprint density at radius 2 is 2.31 bits per heavy atom. The molecule has 16 heavy (non-hydrogen) atoms. The van der Waals surface area contributed by atoms with E-state index >= 15 is 0 Å². The highest BCUT2D eigenvalue weighted by atomic mass is 35.5. The van der Waals surface area contributed by atoms with Crippen molar-refractivity contribution in [3.8, 4) is 0 Å². The minimum Gasteiger partial charge on any atom is -0.316 e. The van der Waals surface area contributed by atoms with Crippen LogP contribution in [-0.2, 0) is 6.42 Å². The lowest BCUT2D eigenvalue weighted by atomic mass is 9.93. The summed E-state index contributed by atoms with van der Waals surface area (Å²) >= 11 is 5.96. The minimum atomic E-state index is 0.858. The molecule has 0 bridgehead atoms. The second-order valence-electron chi connectivity index (χ2n) is 4.73. The van der Waals surface area contributed by atoms with Crippen molar-refractivity contribution in [1.29, 1.82) is 0 Å². The van der Waals surface area contributed by atoms with E-state index in [4.69, 9.17) is 11.6 Å². The maximum Gasteiger partial charge on any atom is 0.0408 e.